The Morgan fingerprint density at radius 2 is 1.91 bits per heavy atom. The second-order valence-corrected chi connectivity index (χ2v) is 10.9. The molecule has 1 amide bonds. The fourth-order valence-corrected chi connectivity index (χ4v) is 4.90. The molecule has 1 aliphatic heterocycles. The fourth-order valence-electron chi connectivity index (χ4n) is 4.90. The Morgan fingerprint density at radius 3 is 2.50 bits per heavy atom. The first kappa shape index (κ1) is 24.6. The number of aryl methyl sites for hydroxylation is 1. The minimum Gasteiger partial charge on any atom is -0.406 e. The SMILES string of the molecule is Cn1cnc(C(=O)N(Cc2cccc(OC(F)(F)F)c2)CC2C3CN(CCC(C)(C)C)CC32)c1. The van der Waals surface area contributed by atoms with E-state index >= 15 is 0 Å². The van der Waals surface area contributed by atoms with Crippen molar-refractivity contribution in [2.24, 2.45) is 30.2 Å². The number of carbonyl (C=O) groups is 1. The first-order chi connectivity index (χ1) is 15.9. The van der Waals surface area contributed by atoms with Gasteiger partial charge in [-0.2, -0.15) is 0 Å². The number of likely N-dealkylation sites (tertiary alicyclic amines) is 1. The lowest BCUT2D eigenvalue weighted by molar-refractivity contribution is -0.274. The predicted octanol–water partition coefficient (Wildman–Crippen LogP) is 4.58. The predicted molar refractivity (Wildman–Crippen MR) is 122 cm³/mol. The Bertz CT molecular complexity index is 1000. The molecule has 2 aromatic rings. The standard InChI is InChI=1S/C25H33F3N4O2/c1-24(2,3)8-9-31-12-19-20(13-31)21(19)14-32(23(33)22-15-30(4)16-29-22)11-17-6-5-7-18(10-17)34-25(26,27)28/h5-7,10,15-16,19-21H,8-9,11-14H2,1-4H3. The Kier molecular flexibility index (Phi) is 6.68. The van der Waals surface area contributed by atoms with Gasteiger partial charge in [0.15, 0.2) is 0 Å². The number of rotatable bonds is 8. The molecule has 0 bridgehead atoms. The smallest absolute Gasteiger partial charge is 0.406 e. The molecule has 0 spiro atoms. The molecule has 1 aromatic carbocycles. The van der Waals surface area contributed by atoms with Crippen molar-refractivity contribution in [1.82, 2.24) is 19.4 Å². The summed E-state index contributed by atoms with van der Waals surface area (Å²) in [6.07, 6.45) is -0.368. The van der Waals surface area contributed by atoms with E-state index in [1.165, 1.54) is 18.2 Å². The Labute approximate surface area is 198 Å². The van der Waals surface area contributed by atoms with Crippen molar-refractivity contribution in [3.8, 4) is 5.75 Å². The van der Waals surface area contributed by atoms with Crippen LogP contribution in [0.5, 0.6) is 5.75 Å². The second kappa shape index (κ2) is 9.24. The number of amides is 1. The molecule has 9 heteroatoms. The zero-order chi connectivity index (χ0) is 24.7. The van der Waals surface area contributed by atoms with Gasteiger partial charge in [0.2, 0.25) is 0 Å². The van der Waals surface area contributed by atoms with Gasteiger partial charge in [-0.15, -0.1) is 13.2 Å². The van der Waals surface area contributed by atoms with E-state index in [2.05, 4.69) is 35.4 Å². The van der Waals surface area contributed by atoms with Gasteiger partial charge in [0, 0.05) is 39.4 Å². The van der Waals surface area contributed by atoms with Crippen LogP contribution in [0.15, 0.2) is 36.8 Å². The first-order valence-electron chi connectivity index (χ1n) is 11.7. The zero-order valence-electron chi connectivity index (χ0n) is 20.2. The molecule has 2 atom stereocenters. The van der Waals surface area contributed by atoms with Gasteiger partial charge in [-0.1, -0.05) is 32.9 Å². The summed E-state index contributed by atoms with van der Waals surface area (Å²) in [6, 6.07) is 5.83. The van der Waals surface area contributed by atoms with Crippen molar-refractivity contribution in [2.75, 3.05) is 26.2 Å². The maximum Gasteiger partial charge on any atom is 0.573 e. The molecule has 2 fully saturated rings. The van der Waals surface area contributed by atoms with Crippen LogP contribution in [-0.4, -0.2) is 57.8 Å². The highest BCUT2D eigenvalue weighted by atomic mass is 19.4. The molecule has 2 heterocycles. The molecule has 1 aliphatic carbocycles. The van der Waals surface area contributed by atoms with Crippen LogP contribution in [0.2, 0.25) is 0 Å². The van der Waals surface area contributed by atoms with Gasteiger partial charge < -0.3 is 19.1 Å². The maximum atomic E-state index is 13.3. The van der Waals surface area contributed by atoms with E-state index in [1.807, 2.05) is 0 Å². The Balaban J connectivity index is 1.42. The molecule has 0 radical (unpaired) electrons. The lowest BCUT2D eigenvalue weighted by atomic mass is 9.92. The van der Waals surface area contributed by atoms with E-state index in [0.717, 1.165) is 26.1 Å². The number of benzene rings is 1. The third kappa shape index (κ3) is 6.31. The number of fused-ring (bicyclic) bond motifs is 1. The van der Waals surface area contributed by atoms with E-state index in [-0.39, 0.29) is 18.2 Å². The summed E-state index contributed by atoms with van der Waals surface area (Å²) in [7, 11) is 1.80. The Hall–Kier alpha value is -2.55. The van der Waals surface area contributed by atoms with Gasteiger partial charge in [0.25, 0.3) is 5.91 Å². The molecule has 2 aliphatic rings. The molecule has 6 nitrogen and oxygen atoms in total. The summed E-state index contributed by atoms with van der Waals surface area (Å²) in [5.41, 5.74) is 1.23. The number of hydrogen-bond donors (Lipinski definition) is 0. The summed E-state index contributed by atoms with van der Waals surface area (Å²) in [4.78, 5) is 21.7. The molecular formula is C25H33F3N4O2. The minimum atomic E-state index is -4.76. The van der Waals surface area contributed by atoms with Crippen LogP contribution in [0.3, 0.4) is 0 Å². The highest BCUT2D eigenvalue weighted by molar-refractivity contribution is 5.92. The molecule has 186 valence electrons. The van der Waals surface area contributed by atoms with Crippen LogP contribution in [0.25, 0.3) is 0 Å². The third-order valence-electron chi connectivity index (χ3n) is 6.77. The van der Waals surface area contributed by atoms with Crippen molar-refractivity contribution in [3.63, 3.8) is 0 Å². The van der Waals surface area contributed by atoms with E-state index in [9.17, 15) is 18.0 Å². The largest absolute Gasteiger partial charge is 0.573 e. The van der Waals surface area contributed by atoms with Crippen molar-refractivity contribution in [1.29, 1.82) is 0 Å². The zero-order valence-corrected chi connectivity index (χ0v) is 20.2. The number of aromatic nitrogens is 2. The number of hydrogen-bond acceptors (Lipinski definition) is 4. The molecule has 0 N–H and O–H groups in total. The van der Waals surface area contributed by atoms with Gasteiger partial charge in [-0.05, 0) is 53.8 Å². The number of nitrogens with zero attached hydrogens (tertiary/aromatic N) is 4. The molecule has 1 aromatic heterocycles. The fraction of sp³-hybridized carbons (Fsp3) is 0.600. The van der Waals surface area contributed by atoms with E-state index < -0.39 is 6.36 Å². The number of carbonyl (C=O) groups excluding carboxylic acids is 1. The van der Waals surface area contributed by atoms with Crippen molar-refractivity contribution in [3.05, 3.63) is 48.0 Å². The number of halogens is 3. The second-order valence-electron chi connectivity index (χ2n) is 10.9. The molecule has 1 saturated heterocycles. The van der Waals surface area contributed by atoms with Crippen LogP contribution in [0, 0.1) is 23.2 Å². The van der Waals surface area contributed by atoms with Crippen molar-refractivity contribution >= 4 is 5.91 Å². The summed E-state index contributed by atoms with van der Waals surface area (Å²) in [5, 5.41) is 0. The first-order valence-corrected chi connectivity index (χ1v) is 11.7. The van der Waals surface area contributed by atoms with E-state index in [4.69, 9.17) is 0 Å². The third-order valence-corrected chi connectivity index (χ3v) is 6.77. The normalized spacial score (nSPS) is 22.5. The maximum absolute atomic E-state index is 13.3. The van der Waals surface area contributed by atoms with Gasteiger partial charge in [0.05, 0.1) is 6.33 Å². The monoisotopic (exact) mass is 478 g/mol. The number of piperidine rings is 1. The summed E-state index contributed by atoms with van der Waals surface area (Å²) >= 11 is 0. The summed E-state index contributed by atoms with van der Waals surface area (Å²) in [5.74, 6) is 1.05. The van der Waals surface area contributed by atoms with Crippen molar-refractivity contribution < 1.29 is 22.7 Å². The van der Waals surface area contributed by atoms with Crippen molar-refractivity contribution in [2.45, 2.75) is 40.1 Å². The van der Waals surface area contributed by atoms with Gasteiger partial charge >= 0.3 is 6.36 Å². The number of alkyl halides is 3. The van der Waals surface area contributed by atoms with Crippen LogP contribution in [0.1, 0.15) is 43.2 Å². The van der Waals surface area contributed by atoms with Gasteiger partial charge in [-0.25, -0.2) is 4.98 Å². The lowest BCUT2D eigenvalue weighted by Gasteiger charge is -2.27. The van der Waals surface area contributed by atoms with Crippen LogP contribution < -0.4 is 4.74 Å². The molecule has 34 heavy (non-hydrogen) atoms. The quantitative estimate of drug-likeness (QED) is 0.558. The van der Waals surface area contributed by atoms with E-state index in [0.29, 0.717) is 41.0 Å². The lowest BCUT2D eigenvalue weighted by Crippen LogP contribution is -2.35. The topological polar surface area (TPSA) is 50.6 Å². The summed E-state index contributed by atoms with van der Waals surface area (Å²) < 4.78 is 43.7. The molecule has 2 unspecified atom stereocenters. The minimum absolute atomic E-state index is 0.203. The number of imidazole rings is 1. The van der Waals surface area contributed by atoms with Gasteiger partial charge in [-0.3, -0.25) is 4.79 Å². The highest BCUT2D eigenvalue weighted by Crippen LogP contribution is 2.52. The Morgan fingerprint density at radius 1 is 1.21 bits per heavy atom. The average Bonchev–Trinajstić information content (AvgIpc) is 3.07. The molecular weight excluding hydrogens is 445 g/mol. The number of ether oxygens (including phenoxy) is 1. The van der Waals surface area contributed by atoms with Gasteiger partial charge in [0.1, 0.15) is 11.4 Å². The molecule has 1 saturated carbocycles. The van der Waals surface area contributed by atoms with Crippen LogP contribution in [-0.2, 0) is 13.6 Å². The average molecular weight is 479 g/mol. The van der Waals surface area contributed by atoms with E-state index in [1.54, 1.807) is 35.1 Å². The summed E-state index contributed by atoms with van der Waals surface area (Å²) in [6.45, 7) is 10.7. The van der Waals surface area contributed by atoms with Crippen LogP contribution >= 0.6 is 0 Å². The molecule has 4 rings (SSSR count). The van der Waals surface area contributed by atoms with Crippen LogP contribution in [0.4, 0.5) is 13.2 Å². The highest BCUT2D eigenvalue weighted by Gasteiger charge is 2.55.